The first kappa shape index (κ1) is 29.2. The minimum absolute atomic E-state index is 0.0964. The molecule has 8 heteroatoms. The van der Waals surface area contributed by atoms with Crippen LogP contribution in [0.15, 0.2) is 84.0 Å². The van der Waals surface area contributed by atoms with Crippen LogP contribution in [-0.2, 0) is 33.9 Å². The number of benzene rings is 3. The number of hydrazone groups is 1. The highest BCUT2D eigenvalue weighted by atomic mass is 16.6. The largest absolute Gasteiger partial charge is 0.488 e. The molecule has 1 N–H and O–H groups in total. The molecule has 0 aromatic heterocycles. The van der Waals surface area contributed by atoms with Gasteiger partial charge in [0.1, 0.15) is 30.6 Å². The molecule has 0 heterocycles. The standard InChI is InChI=1S/C31H37N3O5/c1-31(2,3)39-30(36)33-27(29(35)38-22-24-14-10-7-11-15-24)19-25-16-17-28(26(18-25)20-32-34(4)5)37-21-23-12-8-6-9-13-23/h6-18,20,27H,19,21-22H2,1-5H3,(H,33,36)/b32-20-. The van der Waals surface area contributed by atoms with Crippen LogP contribution >= 0.6 is 0 Å². The summed E-state index contributed by atoms with van der Waals surface area (Å²) >= 11 is 0. The number of nitrogens with zero attached hydrogens (tertiary/aromatic N) is 2. The Morgan fingerprint density at radius 1 is 0.897 bits per heavy atom. The Hall–Kier alpha value is -4.33. The fourth-order valence-corrected chi connectivity index (χ4v) is 3.58. The Bertz CT molecular complexity index is 1240. The van der Waals surface area contributed by atoms with Gasteiger partial charge in [0.2, 0.25) is 0 Å². The molecule has 3 aromatic carbocycles. The molecule has 3 rings (SSSR count). The van der Waals surface area contributed by atoms with Crippen LogP contribution in [-0.4, -0.2) is 49.0 Å². The van der Waals surface area contributed by atoms with Crippen molar-refractivity contribution >= 4 is 18.3 Å². The molecule has 3 aromatic rings. The summed E-state index contributed by atoms with van der Waals surface area (Å²) in [4.78, 5) is 25.7. The van der Waals surface area contributed by atoms with Gasteiger partial charge in [-0.1, -0.05) is 66.7 Å². The third-order valence-corrected chi connectivity index (χ3v) is 5.38. The second-order valence-electron chi connectivity index (χ2n) is 10.2. The van der Waals surface area contributed by atoms with Crippen molar-refractivity contribution in [3.8, 4) is 5.75 Å². The lowest BCUT2D eigenvalue weighted by Crippen LogP contribution is -2.45. The molecule has 1 atom stereocenters. The van der Waals surface area contributed by atoms with Crippen LogP contribution in [0.3, 0.4) is 0 Å². The van der Waals surface area contributed by atoms with Crippen molar-refractivity contribution in [2.24, 2.45) is 5.10 Å². The van der Waals surface area contributed by atoms with Crippen LogP contribution in [0.5, 0.6) is 5.75 Å². The second-order valence-corrected chi connectivity index (χ2v) is 10.2. The molecular weight excluding hydrogens is 494 g/mol. The minimum atomic E-state index is -0.960. The van der Waals surface area contributed by atoms with E-state index in [2.05, 4.69) is 10.4 Å². The van der Waals surface area contributed by atoms with Crippen molar-refractivity contribution in [2.45, 2.75) is 52.0 Å². The quantitative estimate of drug-likeness (QED) is 0.204. The molecular formula is C31H37N3O5. The number of hydrogen-bond acceptors (Lipinski definition) is 7. The topological polar surface area (TPSA) is 89.5 Å². The maximum Gasteiger partial charge on any atom is 0.408 e. The predicted octanol–water partition coefficient (Wildman–Crippen LogP) is 5.34. The van der Waals surface area contributed by atoms with E-state index < -0.39 is 23.7 Å². The third-order valence-electron chi connectivity index (χ3n) is 5.38. The van der Waals surface area contributed by atoms with E-state index in [4.69, 9.17) is 14.2 Å². The molecule has 0 saturated heterocycles. The smallest absolute Gasteiger partial charge is 0.408 e. The number of carbonyl (C=O) groups is 2. The van der Waals surface area contributed by atoms with Crippen LogP contribution in [0.2, 0.25) is 0 Å². The summed E-state index contributed by atoms with van der Waals surface area (Å²) in [5, 5.41) is 8.73. The number of hydrogen-bond donors (Lipinski definition) is 1. The van der Waals surface area contributed by atoms with Gasteiger partial charge in [-0.05, 0) is 49.6 Å². The van der Waals surface area contributed by atoms with Crippen LogP contribution in [0.25, 0.3) is 0 Å². The first-order valence-corrected chi connectivity index (χ1v) is 12.8. The first-order valence-electron chi connectivity index (χ1n) is 12.8. The van der Waals surface area contributed by atoms with E-state index in [1.807, 2.05) is 93.0 Å². The lowest BCUT2D eigenvalue weighted by atomic mass is 10.0. The predicted molar refractivity (Wildman–Crippen MR) is 152 cm³/mol. The molecule has 8 nitrogen and oxygen atoms in total. The summed E-state index contributed by atoms with van der Waals surface area (Å²) in [6, 6.07) is 23.9. The number of esters is 1. The van der Waals surface area contributed by atoms with E-state index in [0.29, 0.717) is 12.4 Å². The number of amides is 1. The lowest BCUT2D eigenvalue weighted by molar-refractivity contribution is -0.147. The SMILES string of the molecule is CN(C)/N=C\c1cc(CC(NC(=O)OC(C)(C)C)C(=O)OCc2ccccc2)ccc1OCc1ccccc1. The van der Waals surface area contributed by atoms with Crippen LogP contribution in [0.4, 0.5) is 4.79 Å². The molecule has 0 aliphatic carbocycles. The fourth-order valence-electron chi connectivity index (χ4n) is 3.58. The van der Waals surface area contributed by atoms with Gasteiger partial charge in [0.15, 0.2) is 0 Å². The summed E-state index contributed by atoms with van der Waals surface area (Å²) in [5.41, 5.74) is 2.71. The number of alkyl carbamates (subject to hydrolysis) is 1. The van der Waals surface area contributed by atoms with Crippen molar-refractivity contribution in [3.05, 3.63) is 101 Å². The average molecular weight is 532 g/mol. The highest BCUT2D eigenvalue weighted by molar-refractivity contribution is 5.84. The van der Waals surface area contributed by atoms with E-state index in [9.17, 15) is 9.59 Å². The molecule has 0 aliphatic rings. The maximum absolute atomic E-state index is 13.1. The zero-order valence-corrected chi connectivity index (χ0v) is 23.2. The molecule has 0 spiro atoms. The Labute approximate surface area is 230 Å². The van der Waals surface area contributed by atoms with Crippen molar-refractivity contribution in [1.82, 2.24) is 10.3 Å². The van der Waals surface area contributed by atoms with Gasteiger partial charge in [0.25, 0.3) is 0 Å². The van der Waals surface area contributed by atoms with Gasteiger partial charge in [0.05, 0.1) is 6.21 Å². The van der Waals surface area contributed by atoms with Gasteiger partial charge in [-0.2, -0.15) is 5.10 Å². The van der Waals surface area contributed by atoms with Crippen LogP contribution in [0.1, 0.15) is 43.0 Å². The van der Waals surface area contributed by atoms with Crippen molar-refractivity contribution in [2.75, 3.05) is 14.1 Å². The molecule has 0 fully saturated rings. The molecule has 0 radical (unpaired) electrons. The molecule has 0 bridgehead atoms. The average Bonchev–Trinajstić information content (AvgIpc) is 2.89. The molecule has 1 unspecified atom stereocenters. The van der Waals surface area contributed by atoms with Crippen molar-refractivity contribution in [1.29, 1.82) is 0 Å². The highest BCUT2D eigenvalue weighted by Crippen LogP contribution is 2.22. The lowest BCUT2D eigenvalue weighted by Gasteiger charge is -2.23. The Balaban J connectivity index is 1.80. The normalized spacial score (nSPS) is 12.0. The molecule has 0 aliphatic heterocycles. The molecule has 1 amide bonds. The van der Waals surface area contributed by atoms with Gasteiger partial charge in [-0.15, -0.1) is 0 Å². The van der Waals surface area contributed by atoms with Gasteiger partial charge in [-0.25, -0.2) is 9.59 Å². The Kier molecular flexibility index (Phi) is 10.5. The first-order chi connectivity index (χ1) is 18.6. The zero-order valence-electron chi connectivity index (χ0n) is 23.2. The molecule has 206 valence electrons. The highest BCUT2D eigenvalue weighted by Gasteiger charge is 2.26. The maximum atomic E-state index is 13.1. The zero-order chi connectivity index (χ0) is 28.3. The third kappa shape index (κ3) is 10.5. The van der Waals surface area contributed by atoms with E-state index >= 15 is 0 Å². The monoisotopic (exact) mass is 531 g/mol. The summed E-state index contributed by atoms with van der Waals surface area (Å²) in [6.07, 6.45) is 1.20. The van der Waals surface area contributed by atoms with Crippen LogP contribution in [0, 0.1) is 0 Å². The molecule has 39 heavy (non-hydrogen) atoms. The number of carbonyl (C=O) groups excluding carboxylic acids is 2. The van der Waals surface area contributed by atoms with Gasteiger partial charge in [-0.3, -0.25) is 0 Å². The van der Waals surface area contributed by atoms with E-state index in [-0.39, 0.29) is 13.0 Å². The van der Waals surface area contributed by atoms with Crippen LogP contribution < -0.4 is 10.1 Å². The van der Waals surface area contributed by atoms with Gasteiger partial charge in [0, 0.05) is 26.1 Å². The Morgan fingerprint density at radius 3 is 2.10 bits per heavy atom. The summed E-state index contributed by atoms with van der Waals surface area (Å²) < 4.78 is 17.0. The Morgan fingerprint density at radius 2 is 1.51 bits per heavy atom. The summed E-state index contributed by atoms with van der Waals surface area (Å²) in [7, 11) is 3.66. The van der Waals surface area contributed by atoms with E-state index in [1.165, 1.54) is 0 Å². The second kappa shape index (κ2) is 14.0. The number of ether oxygens (including phenoxy) is 3. The summed E-state index contributed by atoms with van der Waals surface area (Å²) in [5.74, 6) is 0.0918. The van der Waals surface area contributed by atoms with E-state index in [0.717, 1.165) is 22.3 Å². The summed E-state index contributed by atoms with van der Waals surface area (Å²) in [6.45, 7) is 5.79. The molecule has 0 saturated carbocycles. The minimum Gasteiger partial charge on any atom is -0.488 e. The van der Waals surface area contributed by atoms with Gasteiger partial charge >= 0.3 is 12.1 Å². The fraction of sp³-hybridized carbons (Fsp3) is 0.323. The number of rotatable bonds is 11. The van der Waals surface area contributed by atoms with Gasteiger partial charge < -0.3 is 24.5 Å². The number of nitrogens with one attached hydrogen (secondary N) is 1. The van der Waals surface area contributed by atoms with Crippen molar-refractivity contribution < 1.29 is 23.8 Å². The van der Waals surface area contributed by atoms with Crippen molar-refractivity contribution in [3.63, 3.8) is 0 Å². The van der Waals surface area contributed by atoms with E-state index in [1.54, 1.807) is 32.0 Å².